The first kappa shape index (κ1) is 76.5. The van der Waals surface area contributed by atoms with Gasteiger partial charge in [0.15, 0.2) is 0 Å². The molecule has 4 aromatic rings. The quantitative estimate of drug-likeness (QED) is 0.0122. The molecule has 2 unspecified atom stereocenters. The normalized spacial score (nSPS) is 18.1. The number of phenolic OH excluding ortho intramolecular Hbond substituents is 1. The monoisotopic (exact) mass is 1370 g/mol. The van der Waals surface area contributed by atoms with Crippen molar-refractivity contribution in [3.63, 3.8) is 0 Å². The van der Waals surface area contributed by atoms with Crippen molar-refractivity contribution in [2.75, 3.05) is 51.7 Å². The van der Waals surface area contributed by atoms with E-state index in [0.29, 0.717) is 86.9 Å². The number of amides is 1. The Morgan fingerprint density at radius 1 is 0.734 bits per heavy atom. The summed E-state index contributed by atoms with van der Waals surface area (Å²) in [4.78, 5) is 72.8. The van der Waals surface area contributed by atoms with E-state index in [1.54, 1.807) is 67.3 Å². The zero-order valence-corrected chi connectivity index (χ0v) is 61.2. The van der Waals surface area contributed by atoms with Crippen LogP contribution in [0.5, 0.6) is 23.0 Å². The number of aromatic hydroxyl groups is 1. The van der Waals surface area contributed by atoms with E-state index in [1.165, 1.54) is 0 Å². The van der Waals surface area contributed by atoms with Crippen LogP contribution in [-0.4, -0.2) is 137 Å². The Labute approximate surface area is 557 Å². The average Bonchev–Trinajstić information content (AvgIpc) is 1.52. The van der Waals surface area contributed by atoms with Gasteiger partial charge in [0.1, 0.15) is 71.6 Å². The summed E-state index contributed by atoms with van der Waals surface area (Å²) < 4.78 is 71.0. The number of hydrogen-bond donors (Lipinski definition) is 5. The molecule has 4 heterocycles. The van der Waals surface area contributed by atoms with Crippen molar-refractivity contribution in [3.05, 3.63) is 140 Å². The predicted molar refractivity (Wildman–Crippen MR) is 370 cm³/mol. The first-order chi connectivity index (χ1) is 44.2. The van der Waals surface area contributed by atoms with Crippen LogP contribution in [0, 0.1) is 13.8 Å². The van der Waals surface area contributed by atoms with Gasteiger partial charge in [-0.15, -0.1) is 0 Å². The number of rotatable bonds is 27. The van der Waals surface area contributed by atoms with Gasteiger partial charge in [-0.05, 0) is 139 Å². The minimum atomic E-state index is -3.86. The fourth-order valence-corrected chi connectivity index (χ4v) is 16.0. The number of carbonyl (C=O) groups is 5. The number of phenols is 1. The van der Waals surface area contributed by atoms with Crippen LogP contribution < -0.4 is 29.9 Å². The molecule has 516 valence electrons. The number of nitrogens with zero attached hydrogens (tertiary/aromatic N) is 1. The molecule has 4 aromatic carbocycles. The van der Waals surface area contributed by atoms with E-state index in [0.717, 1.165) is 81.6 Å². The highest BCUT2D eigenvalue weighted by atomic mass is 31.2. The van der Waals surface area contributed by atoms with Crippen molar-refractivity contribution in [1.29, 1.82) is 0 Å². The minimum Gasteiger partial charge on any atom is -0.507 e. The van der Waals surface area contributed by atoms with Gasteiger partial charge < -0.3 is 63.4 Å². The molecule has 0 saturated carbocycles. The van der Waals surface area contributed by atoms with Crippen LogP contribution in [0.4, 0.5) is 4.79 Å². The molecule has 2 saturated heterocycles. The first-order valence-corrected chi connectivity index (χ1v) is 43.5. The summed E-state index contributed by atoms with van der Waals surface area (Å²) >= 11 is 0. The molecule has 6 N–H and O–H groups in total. The fraction of sp³-hybridized carbons (Fsp3) is 0.522. The van der Waals surface area contributed by atoms with E-state index in [4.69, 9.17) is 43.2 Å². The van der Waals surface area contributed by atoms with Crippen molar-refractivity contribution < 1.29 is 80.6 Å². The number of carbonyl (C=O) groups excluding carboxylic acids is 5. The summed E-state index contributed by atoms with van der Waals surface area (Å²) in [7, 11) is -9.98. The van der Waals surface area contributed by atoms with Gasteiger partial charge in [-0.3, -0.25) is 14.2 Å². The molecule has 0 aliphatic carbocycles. The number of cyclic esters (lactones) is 2. The standard InChI is InChI=1S/C29H37N2O7P.C27H37O6PSi.C13H26N2O4Si/c1-5-23-19(3)25-16-36-29(34)26(25)27(32)24(23)12-11-18(2)17-39(35,38-21-9-7-6-8-10-21)31-20(4)28(33)37-22-13-14-30-15-22;1-7-22-20(3)24-17-32-27(28)25(24)26(31-15-16-35(4,5)6)23(22)14-13-19(2)18-34(29,30)33-21-11-9-8-10-12-21;1-10(14)12(16)19-11-5-6-15(9-11)13(17)18-7-8-20(2,3)4/h6-11,20,22,30,32H,5,12-17H2,1-4H3,(H,31,35);8-13H,7,14-18H2,1-6H3,(H,29,30);10-11H,5-9,14H2,1-4H3/b18-11+;19-13+;/t20-,22-,39?;;10-,11-/m0.0/s1. The lowest BCUT2D eigenvalue weighted by molar-refractivity contribution is -0.150. The van der Waals surface area contributed by atoms with Crippen molar-refractivity contribution in [3.8, 4) is 23.0 Å². The maximum atomic E-state index is 14.1. The number of nitrogens with two attached hydrogens (primary N) is 1. The second-order valence-electron chi connectivity index (χ2n) is 26.9. The number of hydrogen-bond acceptors (Lipinski definition) is 18. The lowest BCUT2D eigenvalue weighted by Crippen LogP contribution is -2.37. The number of nitrogens with one attached hydrogen (secondary N) is 2. The zero-order chi connectivity index (χ0) is 69.3. The summed E-state index contributed by atoms with van der Waals surface area (Å²) in [5, 5.41) is 17.0. The van der Waals surface area contributed by atoms with Crippen LogP contribution >= 0.6 is 15.1 Å². The molecule has 94 heavy (non-hydrogen) atoms. The third-order valence-electron chi connectivity index (χ3n) is 16.5. The first-order valence-electron chi connectivity index (χ1n) is 32.5. The number of fused-ring (bicyclic) bond motifs is 2. The number of allylic oxidation sites excluding steroid dienone is 4. The zero-order valence-electron chi connectivity index (χ0n) is 57.4. The minimum absolute atomic E-state index is 0.0265. The van der Waals surface area contributed by atoms with Crippen molar-refractivity contribution in [2.24, 2.45) is 5.73 Å². The van der Waals surface area contributed by atoms with Gasteiger partial charge in [0.05, 0.1) is 32.1 Å². The molecule has 8 rings (SSSR count). The molecular weight excluding hydrogens is 1270 g/mol. The summed E-state index contributed by atoms with van der Waals surface area (Å²) in [6, 6.07) is 17.9. The Balaban J connectivity index is 0.000000235. The smallest absolute Gasteiger partial charge is 0.409 e. The number of ether oxygens (including phenoxy) is 6. The van der Waals surface area contributed by atoms with Gasteiger partial charge >= 0.3 is 45.1 Å². The van der Waals surface area contributed by atoms with Gasteiger partial charge in [-0.1, -0.05) is 113 Å². The molecule has 6 atom stereocenters. The molecule has 0 spiro atoms. The molecule has 4 aliphatic heterocycles. The Bertz CT molecular complexity index is 3470. The van der Waals surface area contributed by atoms with Crippen LogP contribution in [0.25, 0.3) is 0 Å². The predicted octanol–water partition coefficient (Wildman–Crippen LogP) is 12.7. The SMILES string of the molecule is CCc1c(C)c2c(c(O)c1C/C=C(\C)CP(=O)(N[C@@H](C)C(=O)O[C@H]1CCNC1)Oc1ccccc1)C(=O)OC2.CCc1c(C)c2c(c(OCC[Si](C)(C)C)c1C/C=C(\C)CP(=O)(O)Oc1ccccc1)C(=O)OC2.C[C@H](N)C(=O)O[C@H]1CCN(C(=O)OCC[Si](C)(C)C)C1. The van der Waals surface area contributed by atoms with Gasteiger partial charge in [0.2, 0.25) is 0 Å². The van der Waals surface area contributed by atoms with E-state index in [1.807, 2.05) is 58.9 Å². The second kappa shape index (κ2) is 34.4. The van der Waals surface area contributed by atoms with E-state index < -0.39 is 61.3 Å². The van der Waals surface area contributed by atoms with Crippen LogP contribution in [0.2, 0.25) is 51.4 Å². The van der Waals surface area contributed by atoms with Crippen LogP contribution in [0.15, 0.2) is 84.0 Å². The summed E-state index contributed by atoms with van der Waals surface area (Å²) in [6.45, 7) is 32.3. The largest absolute Gasteiger partial charge is 0.507 e. The van der Waals surface area contributed by atoms with Crippen LogP contribution in [0.3, 0.4) is 0 Å². The second-order valence-corrected chi connectivity index (χ2v) is 42.0. The van der Waals surface area contributed by atoms with Gasteiger partial charge in [-0.2, -0.15) is 0 Å². The average molecular weight is 1380 g/mol. The Kier molecular flexibility index (Phi) is 28.0. The Morgan fingerprint density at radius 3 is 1.81 bits per heavy atom. The summed E-state index contributed by atoms with van der Waals surface area (Å²) in [5.41, 5.74) is 15.1. The maximum absolute atomic E-state index is 14.1. The van der Waals surface area contributed by atoms with Crippen molar-refractivity contribution in [2.45, 2.75) is 183 Å². The molecular formula is C69H100N4O17P2Si2. The number of esters is 4. The molecule has 0 bridgehead atoms. The molecule has 21 nitrogen and oxygen atoms in total. The highest BCUT2D eigenvalue weighted by Gasteiger charge is 2.36. The molecule has 0 radical (unpaired) electrons. The highest BCUT2D eigenvalue weighted by Crippen LogP contribution is 2.47. The molecule has 0 aromatic heterocycles. The van der Waals surface area contributed by atoms with Crippen LogP contribution in [0.1, 0.15) is 120 Å². The summed E-state index contributed by atoms with van der Waals surface area (Å²) in [5.74, 6) is -0.436. The third kappa shape index (κ3) is 22.5. The molecule has 25 heteroatoms. The van der Waals surface area contributed by atoms with E-state index in [9.17, 15) is 43.1 Å². The lowest BCUT2D eigenvalue weighted by Gasteiger charge is -2.25. The van der Waals surface area contributed by atoms with E-state index >= 15 is 0 Å². The Hall–Kier alpha value is -6.56. The number of benzene rings is 4. The van der Waals surface area contributed by atoms with E-state index in [2.05, 4.69) is 56.6 Å². The molecule has 4 aliphatic rings. The van der Waals surface area contributed by atoms with Crippen molar-refractivity contribution in [1.82, 2.24) is 15.3 Å². The Morgan fingerprint density at radius 2 is 1.26 bits per heavy atom. The maximum Gasteiger partial charge on any atom is 0.409 e. The van der Waals surface area contributed by atoms with Crippen LogP contribution in [-0.2, 0) is 81.3 Å². The molecule has 2 fully saturated rings. The van der Waals surface area contributed by atoms with Gasteiger partial charge in [0, 0.05) is 57.9 Å². The van der Waals surface area contributed by atoms with Crippen molar-refractivity contribution >= 4 is 61.2 Å². The molecule has 1 amide bonds. The van der Waals surface area contributed by atoms with E-state index in [-0.39, 0.29) is 61.1 Å². The third-order valence-corrected chi connectivity index (χ3v) is 23.5. The number of para-hydroxylation sites is 2. The van der Waals surface area contributed by atoms with Gasteiger partial charge in [-0.25, -0.2) is 24.0 Å². The highest BCUT2D eigenvalue weighted by molar-refractivity contribution is 7.57. The lowest BCUT2D eigenvalue weighted by atomic mass is 9.89. The fourth-order valence-electron chi connectivity index (χ4n) is 11.2. The number of likely N-dealkylation sites (tertiary alicyclic amines) is 1. The summed E-state index contributed by atoms with van der Waals surface area (Å²) in [6.07, 6.45) is 6.63. The topological polar surface area (TPSA) is 287 Å². The van der Waals surface area contributed by atoms with Gasteiger partial charge in [0.25, 0.3) is 0 Å².